The number of thioether (sulfide) groups is 1. The van der Waals surface area contributed by atoms with Gasteiger partial charge in [0.1, 0.15) is 0 Å². The standard InChI is InChI=1S/C8H15ClN4S/c1-3-13-8(6(9)4-11-13)7(12-10)5-14-2/h4,7,12H,3,5,10H2,1-2H3. The third-order valence-electron chi connectivity index (χ3n) is 2.00. The van der Waals surface area contributed by atoms with Crippen molar-refractivity contribution in [2.75, 3.05) is 12.0 Å². The van der Waals surface area contributed by atoms with Crippen LogP contribution in [-0.4, -0.2) is 21.8 Å². The fourth-order valence-electron chi connectivity index (χ4n) is 1.34. The molecule has 1 aromatic heterocycles. The number of hydrazine groups is 1. The monoisotopic (exact) mass is 234 g/mol. The molecule has 1 heterocycles. The van der Waals surface area contributed by atoms with Gasteiger partial charge in [0, 0.05) is 12.3 Å². The summed E-state index contributed by atoms with van der Waals surface area (Å²) in [5.41, 5.74) is 3.72. The molecule has 14 heavy (non-hydrogen) atoms. The number of halogens is 1. The Hall–Kier alpha value is -0.230. The lowest BCUT2D eigenvalue weighted by molar-refractivity contribution is 0.528. The highest BCUT2D eigenvalue weighted by Crippen LogP contribution is 2.24. The van der Waals surface area contributed by atoms with Crippen molar-refractivity contribution in [2.45, 2.75) is 19.5 Å². The molecule has 0 saturated heterocycles. The summed E-state index contributed by atoms with van der Waals surface area (Å²) in [4.78, 5) is 0. The lowest BCUT2D eigenvalue weighted by Gasteiger charge is -2.16. The van der Waals surface area contributed by atoms with E-state index in [-0.39, 0.29) is 6.04 Å². The lowest BCUT2D eigenvalue weighted by atomic mass is 10.2. The number of rotatable bonds is 5. The van der Waals surface area contributed by atoms with Gasteiger partial charge >= 0.3 is 0 Å². The topological polar surface area (TPSA) is 55.9 Å². The van der Waals surface area contributed by atoms with Crippen LogP contribution in [-0.2, 0) is 6.54 Å². The molecule has 0 aromatic carbocycles. The van der Waals surface area contributed by atoms with E-state index in [1.807, 2.05) is 17.9 Å². The van der Waals surface area contributed by atoms with Crippen molar-refractivity contribution in [3.05, 3.63) is 16.9 Å². The SMILES string of the molecule is CCn1ncc(Cl)c1C(CSC)NN. The van der Waals surface area contributed by atoms with Crippen LogP contribution < -0.4 is 11.3 Å². The Morgan fingerprint density at radius 3 is 3.00 bits per heavy atom. The number of aryl methyl sites for hydroxylation is 1. The van der Waals surface area contributed by atoms with Gasteiger partial charge in [-0.3, -0.25) is 16.0 Å². The smallest absolute Gasteiger partial charge is 0.0834 e. The fraction of sp³-hybridized carbons (Fsp3) is 0.625. The second kappa shape index (κ2) is 5.60. The summed E-state index contributed by atoms with van der Waals surface area (Å²) < 4.78 is 1.86. The Bertz CT molecular complexity index is 289. The molecule has 4 nitrogen and oxygen atoms in total. The molecule has 1 unspecified atom stereocenters. The Kier molecular flexibility index (Phi) is 4.74. The summed E-state index contributed by atoms with van der Waals surface area (Å²) in [5, 5.41) is 4.84. The first kappa shape index (κ1) is 11.8. The highest BCUT2D eigenvalue weighted by atomic mass is 35.5. The van der Waals surface area contributed by atoms with Crippen LogP contribution in [0, 0.1) is 0 Å². The molecule has 0 saturated carbocycles. The van der Waals surface area contributed by atoms with Gasteiger partial charge in [-0.1, -0.05) is 11.6 Å². The molecule has 80 valence electrons. The number of aromatic nitrogens is 2. The Morgan fingerprint density at radius 1 is 1.79 bits per heavy atom. The first-order valence-corrected chi connectivity index (χ1v) is 6.18. The van der Waals surface area contributed by atoms with Gasteiger partial charge in [-0.2, -0.15) is 16.9 Å². The van der Waals surface area contributed by atoms with Gasteiger partial charge in [0.2, 0.25) is 0 Å². The molecule has 0 fully saturated rings. The van der Waals surface area contributed by atoms with Crippen LogP contribution >= 0.6 is 23.4 Å². The summed E-state index contributed by atoms with van der Waals surface area (Å²) in [6.07, 6.45) is 3.69. The van der Waals surface area contributed by atoms with E-state index in [0.29, 0.717) is 5.02 Å². The summed E-state index contributed by atoms with van der Waals surface area (Å²) in [6.45, 7) is 2.83. The molecule has 0 aliphatic rings. The minimum absolute atomic E-state index is 0.0555. The van der Waals surface area contributed by atoms with E-state index in [1.165, 1.54) is 0 Å². The minimum atomic E-state index is 0.0555. The van der Waals surface area contributed by atoms with Crippen molar-refractivity contribution in [3.8, 4) is 0 Å². The van der Waals surface area contributed by atoms with Gasteiger partial charge in [0.05, 0.1) is 23.0 Å². The Balaban J connectivity index is 2.94. The van der Waals surface area contributed by atoms with E-state index in [4.69, 9.17) is 17.4 Å². The van der Waals surface area contributed by atoms with Crippen molar-refractivity contribution in [2.24, 2.45) is 5.84 Å². The molecule has 3 N–H and O–H groups in total. The average molecular weight is 235 g/mol. The number of hydrogen-bond donors (Lipinski definition) is 2. The van der Waals surface area contributed by atoms with E-state index < -0.39 is 0 Å². The third-order valence-corrected chi connectivity index (χ3v) is 2.96. The number of nitrogens with two attached hydrogens (primary N) is 1. The van der Waals surface area contributed by atoms with Gasteiger partial charge in [-0.25, -0.2) is 0 Å². The quantitative estimate of drug-likeness (QED) is 0.598. The molecule has 0 aliphatic heterocycles. The fourth-order valence-corrected chi connectivity index (χ4v) is 2.20. The van der Waals surface area contributed by atoms with E-state index in [9.17, 15) is 0 Å². The first-order chi connectivity index (χ1) is 6.74. The van der Waals surface area contributed by atoms with Crippen molar-refractivity contribution >= 4 is 23.4 Å². The number of hydrogen-bond acceptors (Lipinski definition) is 4. The maximum absolute atomic E-state index is 6.04. The van der Waals surface area contributed by atoms with Gasteiger partial charge in [0.25, 0.3) is 0 Å². The molecule has 0 spiro atoms. The van der Waals surface area contributed by atoms with Gasteiger partial charge in [-0.05, 0) is 13.2 Å². The first-order valence-electron chi connectivity index (χ1n) is 4.40. The van der Waals surface area contributed by atoms with Crippen LogP contribution in [0.2, 0.25) is 5.02 Å². The lowest BCUT2D eigenvalue weighted by Crippen LogP contribution is -2.31. The van der Waals surface area contributed by atoms with Crippen LogP contribution in [0.3, 0.4) is 0 Å². The second-order valence-corrected chi connectivity index (χ2v) is 4.19. The van der Waals surface area contributed by atoms with E-state index in [0.717, 1.165) is 18.0 Å². The van der Waals surface area contributed by atoms with Crippen LogP contribution in [0.4, 0.5) is 0 Å². The zero-order valence-electron chi connectivity index (χ0n) is 8.33. The van der Waals surface area contributed by atoms with Crippen molar-refractivity contribution in [3.63, 3.8) is 0 Å². The molecule has 0 bridgehead atoms. The largest absolute Gasteiger partial charge is 0.271 e. The molecule has 1 atom stereocenters. The van der Waals surface area contributed by atoms with Gasteiger partial charge in [0.15, 0.2) is 0 Å². The van der Waals surface area contributed by atoms with Gasteiger partial charge in [-0.15, -0.1) is 0 Å². The minimum Gasteiger partial charge on any atom is -0.271 e. The zero-order chi connectivity index (χ0) is 10.6. The zero-order valence-corrected chi connectivity index (χ0v) is 9.90. The molecule has 0 amide bonds. The average Bonchev–Trinajstić information content (AvgIpc) is 2.56. The molecular formula is C8H15ClN4S. The second-order valence-electron chi connectivity index (χ2n) is 2.87. The van der Waals surface area contributed by atoms with Crippen LogP contribution in [0.15, 0.2) is 6.20 Å². The summed E-state index contributed by atoms with van der Waals surface area (Å²) in [6, 6.07) is 0.0555. The molecule has 6 heteroatoms. The highest BCUT2D eigenvalue weighted by Gasteiger charge is 2.17. The molecule has 1 aromatic rings. The van der Waals surface area contributed by atoms with Crippen LogP contribution in [0.25, 0.3) is 0 Å². The summed E-state index contributed by atoms with van der Waals surface area (Å²) in [7, 11) is 0. The number of nitrogens with zero attached hydrogens (tertiary/aromatic N) is 2. The van der Waals surface area contributed by atoms with E-state index >= 15 is 0 Å². The third kappa shape index (κ3) is 2.42. The molecular weight excluding hydrogens is 220 g/mol. The Morgan fingerprint density at radius 2 is 2.50 bits per heavy atom. The maximum atomic E-state index is 6.04. The summed E-state index contributed by atoms with van der Waals surface area (Å²) in [5.74, 6) is 6.36. The predicted molar refractivity (Wildman–Crippen MR) is 61.4 cm³/mol. The van der Waals surface area contributed by atoms with E-state index in [1.54, 1.807) is 18.0 Å². The molecule has 0 radical (unpaired) electrons. The van der Waals surface area contributed by atoms with Crippen molar-refractivity contribution < 1.29 is 0 Å². The predicted octanol–water partition coefficient (Wildman–Crippen LogP) is 1.42. The van der Waals surface area contributed by atoms with Crippen molar-refractivity contribution in [1.29, 1.82) is 0 Å². The van der Waals surface area contributed by atoms with Crippen LogP contribution in [0.5, 0.6) is 0 Å². The highest BCUT2D eigenvalue weighted by molar-refractivity contribution is 7.98. The normalized spacial score (nSPS) is 13.1. The van der Waals surface area contributed by atoms with E-state index in [2.05, 4.69) is 10.5 Å². The number of nitrogens with one attached hydrogen (secondary N) is 1. The van der Waals surface area contributed by atoms with Crippen LogP contribution in [0.1, 0.15) is 18.7 Å². The maximum Gasteiger partial charge on any atom is 0.0834 e. The Labute approximate surface area is 93.1 Å². The van der Waals surface area contributed by atoms with Gasteiger partial charge < -0.3 is 0 Å². The molecule has 0 aliphatic carbocycles. The molecule has 1 rings (SSSR count). The summed E-state index contributed by atoms with van der Waals surface area (Å²) >= 11 is 7.76. The van der Waals surface area contributed by atoms with Crippen molar-refractivity contribution in [1.82, 2.24) is 15.2 Å².